The minimum atomic E-state index is -0.0261. The van der Waals surface area contributed by atoms with Crippen LogP contribution in [0, 0.1) is 5.41 Å². The van der Waals surface area contributed by atoms with Gasteiger partial charge >= 0.3 is 6.03 Å². The van der Waals surface area contributed by atoms with Gasteiger partial charge < -0.3 is 4.90 Å². The Morgan fingerprint density at radius 2 is 2.13 bits per heavy atom. The first kappa shape index (κ1) is 14.3. The third-order valence-electron chi connectivity index (χ3n) is 5.18. The second kappa shape index (κ2) is 5.72. The highest BCUT2D eigenvalue weighted by molar-refractivity contribution is 5.85. The van der Waals surface area contributed by atoms with Gasteiger partial charge in [0.15, 0.2) is 0 Å². The molecule has 2 amide bonds. The normalized spacial score (nSPS) is 24.3. The second-order valence-corrected chi connectivity index (χ2v) is 6.76. The van der Waals surface area contributed by atoms with Gasteiger partial charge in [0.05, 0.1) is 11.0 Å². The molecule has 23 heavy (non-hydrogen) atoms. The minimum Gasteiger partial charge on any atom is -0.323 e. The van der Waals surface area contributed by atoms with Gasteiger partial charge in [-0.25, -0.2) is 19.9 Å². The van der Waals surface area contributed by atoms with Crippen LogP contribution in [0.25, 0.3) is 11.0 Å². The first-order chi connectivity index (χ1) is 11.3. The van der Waals surface area contributed by atoms with Crippen molar-refractivity contribution in [3.8, 4) is 0 Å². The predicted molar refractivity (Wildman–Crippen MR) is 90.7 cm³/mol. The van der Waals surface area contributed by atoms with E-state index in [9.17, 15) is 4.79 Å². The summed E-state index contributed by atoms with van der Waals surface area (Å²) in [4.78, 5) is 19.0. The molecule has 1 spiro atoms. The third-order valence-corrected chi connectivity index (χ3v) is 5.18. The highest BCUT2D eigenvalue weighted by Crippen LogP contribution is 2.40. The first-order valence-electron chi connectivity index (χ1n) is 8.39. The summed E-state index contributed by atoms with van der Waals surface area (Å²) in [6.07, 6.45) is 12.0. The summed E-state index contributed by atoms with van der Waals surface area (Å²) >= 11 is 0. The van der Waals surface area contributed by atoms with Crippen LogP contribution in [0.1, 0.15) is 32.1 Å². The number of fused-ring (bicyclic) bond motifs is 1. The number of piperidine rings is 1. The van der Waals surface area contributed by atoms with Gasteiger partial charge in [0.2, 0.25) is 0 Å². The van der Waals surface area contributed by atoms with Crippen LogP contribution in [0.15, 0.2) is 42.7 Å². The first-order valence-corrected chi connectivity index (χ1v) is 8.39. The fourth-order valence-corrected chi connectivity index (χ4v) is 3.92. The standard InChI is InChI=1S/C18H22N4O/c23-17(20-22-14-19-15-7-2-3-8-16(15)22)21-12-6-11-18(13-21)9-4-1-5-10-18/h1-4,7-8,14H,5-6,9-13H2,(H,20,23)/t18-/m1/s1. The number of carbonyl (C=O) groups excluding carboxylic acids is 1. The molecule has 4 rings (SSSR count). The zero-order valence-corrected chi connectivity index (χ0v) is 13.2. The number of hydrogen-bond donors (Lipinski definition) is 1. The number of imidazole rings is 1. The zero-order chi connectivity index (χ0) is 15.7. The Morgan fingerprint density at radius 1 is 1.22 bits per heavy atom. The van der Waals surface area contributed by atoms with Crippen LogP contribution in [0.3, 0.4) is 0 Å². The Morgan fingerprint density at radius 3 is 3.00 bits per heavy atom. The number of likely N-dealkylation sites (tertiary alicyclic amines) is 1. The lowest BCUT2D eigenvalue weighted by Crippen LogP contribution is -2.49. The number of carbonyl (C=O) groups is 1. The molecular weight excluding hydrogens is 288 g/mol. The predicted octanol–water partition coefficient (Wildman–Crippen LogP) is 3.52. The summed E-state index contributed by atoms with van der Waals surface area (Å²) in [5, 5.41) is 0. The van der Waals surface area contributed by atoms with Crippen LogP contribution in [-0.2, 0) is 0 Å². The van der Waals surface area contributed by atoms with Crippen molar-refractivity contribution in [2.45, 2.75) is 32.1 Å². The van der Waals surface area contributed by atoms with Crippen molar-refractivity contribution < 1.29 is 4.79 Å². The molecule has 0 bridgehead atoms. The van der Waals surface area contributed by atoms with Gasteiger partial charge in [0.1, 0.15) is 6.33 Å². The second-order valence-electron chi connectivity index (χ2n) is 6.76. The van der Waals surface area contributed by atoms with Crippen molar-refractivity contribution in [1.82, 2.24) is 14.6 Å². The Hall–Kier alpha value is -2.30. The van der Waals surface area contributed by atoms with Gasteiger partial charge in [-0.05, 0) is 49.7 Å². The average molecular weight is 310 g/mol. The lowest BCUT2D eigenvalue weighted by Gasteiger charge is -2.43. The summed E-state index contributed by atoms with van der Waals surface area (Å²) in [5.74, 6) is 0. The number of hydrogen-bond acceptors (Lipinski definition) is 2. The van der Waals surface area contributed by atoms with Crippen molar-refractivity contribution >= 4 is 17.1 Å². The molecule has 1 aliphatic carbocycles. The molecule has 5 nitrogen and oxygen atoms in total. The maximum Gasteiger partial charge on any atom is 0.336 e. The van der Waals surface area contributed by atoms with Gasteiger partial charge in [0, 0.05) is 13.1 Å². The van der Waals surface area contributed by atoms with E-state index in [1.165, 1.54) is 12.8 Å². The smallest absolute Gasteiger partial charge is 0.323 e. The van der Waals surface area contributed by atoms with E-state index in [-0.39, 0.29) is 6.03 Å². The molecule has 0 radical (unpaired) electrons. The molecule has 2 aliphatic rings. The van der Waals surface area contributed by atoms with Crippen LogP contribution < -0.4 is 5.43 Å². The summed E-state index contributed by atoms with van der Waals surface area (Å²) in [6, 6.07) is 7.79. The van der Waals surface area contributed by atoms with Crippen molar-refractivity contribution in [3.05, 3.63) is 42.7 Å². The Labute approximate surface area is 136 Å². The molecule has 0 unspecified atom stereocenters. The molecule has 120 valence electrons. The van der Waals surface area contributed by atoms with Crippen LogP contribution in [0.2, 0.25) is 0 Å². The number of allylic oxidation sites excluding steroid dienone is 2. The molecule has 5 heteroatoms. The van der Waals surface area contributed by atoms with Crippen LogP contribution in [0.5, 0.6) is 0 Å². The molecule has 1 aromatic carbocycles. The summed E-state index contributed by atoms with van der Waals surface area (Å²) < 4.78 is 1.72. The summed E-state index contributed by atoms with van der Waals surface area (Å²) in [5.41, 5.74) is 5.09. The molecule has 1 aromatic heterocycles. The van der Waals surface area contributed by atoms with Gasteiger partial charge in [-0.1, -0.05) is 24.3 Å². The lowest BCUT2D eigenvalue weighted by atomic mass is 9.71. The van der Waals surface area contributed by atoms with Crippen molar-refractivity contribution in [3.63, 3.8) is 0 Å². The van der Waals surface area contributed by atoms with Crippen LogP contribution >= 0.6 is 0 Å². The molecule has 2 heterocycles. The SMILES string of the molecule is O=C(Nn1cnc2ccccc21)N1CCC[C@]2(CC=CCC2)C1. The maximum absolute atomic E-state index is 12.7. The monoisotopic (exact) mass is 310 g/mol. The van der Waals surface area contributed by atoms with E-state index in [2.05, 4.69) is 22.6 Å². The largest absolute Gasteiger partial charge is 0.336 e. The van der Waals surface area contributed by atoms with E-state index in [4.69, 9.17) is 0 Å². The van der Waals surface area contributed by atoms with Crippen molar-refractivity contribution in [1.29, 1.82) is 0 Å². The quantitative estimate of drug-likeness (QED) is 0.819. The zero-order valence-electron chi connectivity index (χ0n) is 13.2. The number of urea groups is 1. The fourth-order valence-electron chi connectivity index (χ4n) is 3.92. The molecule has 1 saturated heterocycles. The van der Waals surface area contributed by atoms with Crippen LogP contribution in [-0.4, -0.2) is 33.7 Å². The molecule has 0 saturated carbocycles. The van der Waals surface area contributed by atoms with Gasteiger partial charge in [0.25, 0.3) is 0 Å². The van der Waals surface area contributed by atoms with Crippen LogP contribution in [0.4, 0.5) is 4.79 Å². The topological polar surface area (TPSA) is 50.2 Å². The number of amides is 2. The molecule has 1 fully saturated rings. The molecular formula is C18H22N4O. The number of nitrogens with one attached hydrogen (secondary N) is 1. The van der Waals surface area contributed by atoms with E-state index in [0.717, 1.165) is 43.4 Å². The van der Waals surface area contributed by atoms with E-state index < -0.39 is 0 Å². The number of nitrogens with zero attached hydrogens (tertiary/aromatic N) is 3. The fraction of sp³-hybridized carbons (Fsp3) is 0.444. The van der Waals surface area contributed by atoms with E-state index in [1.54, 1.807) is 11.0 Å². The number of para-hydroxylation sites is 2. The van der Waals surface area contributed by atoms with Gasteiger partial charge in [-0.15, -0.1) is 0 Å². The van der Waals surface area contributed by atoms with E-state index >= 15 is 0 Å². The highest BCUT2D eigenvalue weighted by Gasteiger charge is 2.36. The Bertz CT molecular complexity index is 750. The third kappa shape index (κ3) is 2.71. The number of aromatic nitrogens is 2. The van der Waals surface area contributed by atoms with Crippen molar-refractivity contribution in [2.24, 2.45) is 5.41 Å². The molecule has 1 N–H and O–H groups in total. The Balaban J connectivity index is 1.49. The number of rotatable bonds is 1. The van der Waals surface area contributed by atoms with E-state index in [1.807, 2.05) is 29.2 Å². The summed E-state index contributed by atoms with van der Waals surface area (Å²) in [6.45, 7) is 1.69. The minimum absolute atomic E-state index is 0.0261. The molecule has 1 atom stereocenters. The average Bonchev–Trinajstić information content (AvgIpc) is 2.99. The molecule has 1 aliphatic heterocycles. The van der Waals surface area contributed by atoms with Crippen molar-refractivity contribution in [2.75, 3.05) is 18.5 Å². The van der Waals surface area contributed by atoms with Gasteiger partial charge in [-0.3, -0.25) is 0 Å². The Kier molecular flexibility index (Phi) is 3.56. The number of benzene rings is 1. The molecule has 2 aromatic rings. The van der Waals surface area contributed by atoms with Gasteiger partial charge in [-0.2, -0.15) is 0 Å². The summed E-state index contributed by atoms with van der Waals surface area (Å²) in [7, 11) is 0. The maximum atomic E-state index is 12.7. The van der Waals surface area contributed by atoms with E-state index in [0.29, 0.717) is 5.41 Å². The lowest BCUT2D eigenvalue weighted by molar-refractivity contribution is 0.101. The highest BCUT2D eigenvalue weighted by atomic mass is 16.2.